The number of rotatable bonds is 7. The molecule has 0 unspecified atom stereocenters. The van der Waals surface area contributed by atoms with Gasteiger partial charge in [-0.05, 0) is 13.3 Å². The summed E-state index contributed by atoms with van der Waals surface area (Å²) < 4.78 is 5.36. The van der Waals surface area contributed by atoms with Crippen LogP contribution in [0.2, 0.25) is 0 Å². The van der Waals surface area contributed by atoms with Crippen LogP contribution in [0.15, 0.2) is 0 Å². The Hall–Kier alpha value is 0.540. The summed E-state index contributed by atoms with van der Waals surface area (Å²) >= 11 is 11.7. The van der Waals surface area contributed by atoms with Crippen LogP contribution in [-0.2, 0) is 4.74 Å². The Morgan fingerprint density at radius 3 is 2.08 bits per heavy atom. The van der Waals surface area contributed by atoms with E-state index in [1.54, 1.807) is 0 Å². The van der Waals surface area contributed by atoms with Crippen molar-refractivity contribution in [1.29, 1.82) is 0 Å². The van der Waals surface area contributed by atoms with Gasteiger partial charge in [0.1, 0.15) is 0 Å². The van der Waals surface area contributed by atoms with Crippen molar-refractivity contribution in [1.82, 2.24) is 0 Å². The maximum Gasteiger partial charge on any atom is 0.0545 e. The van der Waals surface area contributed by atoms with E-state index >= 15 is 0 Å². The van der Waals surface area contributed by atoms with Gasteiger partial charge in [-0.15, -0.1) is 23.2 Å². The molecule has 0 aliphatic rings. The summed E-state index contributed by atoms with van der Waals surface area (Å²) in [7, 11) is 0. The summed E-state index contributed by atoms with van der Waals surface area (Å²) in [4.78, 5) is 0. The Bertz CT molecular complexity index is 103. The van der Waals surface area contributed by atoms with Gasteiger partial charge in [-0.3, -0.25) is 0 Å². The SMILES string of the molecule is CCCC(CCl)(CCl)COCC. The molecule has 0 radical (unpaired) electrons. The molecule has 0 aromatic rings. The summed E-state index contributed by atoms with van der Waals surface area (Å²) in [5.41, 5.74) is -0.00608. The van der Waals surface area contributed by atoms with Gasteiger partial charge in [-0.25, -0.2) is 0 Å². The van der Waals surface area contributed by atoms with Crippen molar-refractivity contribution < 1.29 is 4.74 Å². The van der Waals surface area contributed by atoms with Crippen LogP contribution in [0.4, 0.5) is 0 Å². The molecule has 0 aromatic carbocycles. The fraction of sp³-hybridized carbons (Fsp3) is 1.00. The van der Waals surface area contributed by atoms with E-state index in [1.165, 1.54) is 0 Å². The molecule has 0 rings (SSSR count). The highest BCUT2D eigenvalue weighted by atomic mass is 35.5. The van der Waals surface area contributed by atoms with Gasteiger partial charge in [0.2, 0.25) is 0 Å². The summed E-state index contributed by atoms with van der Waals surface area (Å²) in [5, 5.41) is 0. The Labute approximate surface area is 85.4 Å². The highest BCUT2D eigenvalue weighted by Crippen LogP contribution is 2.27. The molecule has 0 amide bonds. The number of ether oxygens (including phenoxy) is 1. The van der Waals surface area contributed by atoms with Gasteiger partial charge >= 0.3 is 0 Å². The largest absolute Gasteiger partial charge is 0.381 e. The molecule has 0 aliphatic heterocycles. The van der Waals surface area contributed by atoms with Gasteiger partial charge in [-0.2, -0.15) is 0 Å². The molecule has 0 bridgehead atoms. The lowest BCUT2D eigenvalue weighted by molar-refractivity contribution is 0.0694. The molecule has 3 heteroatoms. The first-order valence-corrected chi connectivity index (χ1v) is 5.51. The van der Waals surface area contributed by atoms with E-state index in [0.717, 1.165) is 19.4 Å². The molecule has 74 valence electrons. The van der Waals surface area contributed by atoms with Gasteiger partial charge in [0.05, 0.1) is 6.61 Å². The Morgan fingerprint density at radius 2 is 1.75 bits per heavy atom. The molecule has 0 aliphatic carbocycles. The fourth-order valence-corrected chi connectivity index (χ4v) is 1.87. The molecule has 0 atom stereocenters. The number of hydrogen-bond donors (Lipinski definition) is 0. The van der Waals surface area contributed by atoms with Crippen LogP contribution >= 0.6 is 23.2 Å². The highest BCUT2D eigenvalue weighted by molar-refractivity contribution is 6.21. The minimum atomic E-state index is -0.00608. The predicted molar refractivity (Wildman–Crippen MR) is 55.3 cm³/mol. The molecular weight excluding hydrogens is 195 g/mol. The quantitative estimate of drug-likeness (QED) is 0.589. The second kappa shape index (κ2) is 6.99. The number of hydrogen-bond acceptors (Lipinski definition) is 1. The van der Waals surface area contributed by atoms with Gasteiger partial charge in [0, 0.05) is 23.8 Å². The van der Waals surface area contributed by atoms with Crippen LogP contribution in [0.5, 0.6) is 0 Å². The Balaban J connectivity index is 3.95. The smallest absolute Gasteiger partial charge is 0.0545 e. The summed E-state index contributed by atoms with van der Waals surface area (Å²) in [6.45, 7) is 5.54. The van der Waals surface area contributed by atoms with Crippen LogP contribution in [0.25, 0.3) is 0 Å². The van der Waals surface area contributed by atoms with Crippen molar-refractivity contribution in [2.75, 3.05) is 25.0 Å². The lowest BCUT2D eigenvalue weighted by Gasteiger charge is -2.28. The standard InChI is InChI=1S/C9H18Cl2O/c1-3-5-9(6-10,7-11)8-12-4-2/h3-8H2,1-2H3. The topological polar surface area (TPSA) is 9.23 Å². The third-order valence-corrected chi connectivity index (χ3v) is 3.09. The van der Waals surface area contributed by atoms with Crippen molar-refractivity contribution in [2.45, 2.75) is 26.7 Å². The lowest BCUT2D eigenvalue weighted by Crippen LogP contribution is -2.31. The van der Waals surface area contributed by atoms with E-state index in [-0.39, 0.29) is 5.41 Å². The van der Waals surface area contributed by atoms with Gasteiger partial charge in [0.25, 0.3) is 0 Å². The normalized spacial score (nSPS) is 12.0. The van der Waals surface area contributed by atoms with E-state index in [2.05, 4.69) is 6.92 Å². The predicted octanol–water partition coefficient (Wildman–Crippen LogP) is 3.29. The monoisotopic (exact) mass is 212 g/mol. The molecule has 12 heavy (non-hydrogen) atoms. The summed E-state index contributed by atoms with van der Waals surface area (Å²) in [6, 6.07) is 0. The number of halogens is 2. The Kier molecular flexibility index (Phi) is 7.31. The van der Waals surface area contributed by atoms with Crippen LogP contribution in [0.1, 0.15) is 26.7 Å². The van der Waals surface area contributed by atoms with Gasteiger partial charge in [0.15, 0.2) is 0 Å². The van der Waals surface area contributed by atoms with Crippen LogP contribution < -0.4 is 0 Å². The molecular formula is C9H18Cl2O. The van der Waals surface area contributed by atoms with Crippen LogP contribution in [0.3, 0.4) is 0 Å². The maximum absolute atomic E-state index is 5.87. The van der Waals surface area contributed by atoms with Gasteiger partial charge in [-0.1, -0.05) is 13.3 Å². The zero-order chi connectivity index (χ0) is 9.45. The van der Waals surface area contributed by atoms with Crippen LogP contribution in [-0.4, -0.2) is 25.0 Å². The van der Waals surface area contributed by atoms with Crippen molar-refractivity contribution in [2.24, 2.45) is 5.41 Å². The minimum absolute atomic E-state index is 0.00608. The third kappa shape index (κ3) is 3.97. The second-order valence-corrected chi connectivity index (χ2v) is 3.69. The fourth-order valence-electron chi connectivity index (χ4n) is 1.17. The molecule has 0 fully saturated rings. The van der Waals surface area contributed by atoms with Crippen molar-refractivity contribution in [3.05, 3.63) is 0 Å². The molecule has 0 saturated heterocycles. The van der Waals surface area contributed by atoms with E-state index < -0.39 is 0 Å². The third-order valence-electron chi connectivity index (χ3n) is 1.96. The van der Waals surface area contributed by atoms with Crippen LogP contribution in [0, 0.1) is 5.41 Å². The molecule has 0 N–H and O–H groups in total. The highest BCUT2D eigenvalue weighted by Gasteiger charge is 2.27. The van der Waals surface area contributed by atoms with E-state index in [1.807, 2.05) is 6.92 Å². The molecule has 0 aromatic heterocycles. The minimum Gasteiger partial charge on any atom is -0.381 e. The Morgan fingerprint density at radius 1 is 1.17 bits per heavy atom. The first-order chi connectivity index (χ1) is 5.74. The van der Waals surface area contributed by atoms with E-state index in [4.69, 9.17) is 27.9 Å². The molecule has 0 heterocycles. The summed E-state index contributed by atoms with van der Waals surface area (Å²) in [5.74, 6) is 1.18. The first-order valence-electron chi connectivity index (χ1n) is 4.44. The zero-order valence-corrected chi connectivity index (χ0v) is 9.42. The van der Waals surface area contributed by atoms with E-state index in [9.17, 15) is 0 Å². The lowest BCUT2D eigenvalue weighted by atomic mass is 9.88. The van der Waals surface area contributed by atoms with Crippen molar-refractivity contribution >= 4 is 23.2 Å². The summed E-state index contributed by atoms with van der Waals surface area (Å²) in [6.07, 6.45) is 2.15. The van der Waals surface area contributed by atoms with Crippen molar-refractivity contribution in [3.63, 3.8) is 0 Å². The van der Waals surface area contributed by atoms with Gasteiger partial charge < -0.3 is 4.74 Å². The second-order valence-electron chi connectivity index (χ2n) is 3.15. The molecule has 0 spiro atoms. The van der Waals surface area contributed by atoms with Crippen molar-refractivity contribution in [3.8, 4) is 0 Å². The zero-order valence-electron chi connectivity index (χ0n) is 7.91. The average molecular weight is 213 g/mol. The number of alkyl halides is 2. The average Bonchev–Trinajstić information content (AvgIpc) is 2.13. The van der Waals surface area contributed by atoms with E-state index in [0.29, 0.717) is 18.4 Å². The molecule has 0 saturated carbocycles. The molecule has 1 nitrogen and oxygen atoms in total. The first kappa shape index (κ1) is 12.5. The maximum atomic E-state index is 5.87.